The molecule has 2 rings (SSSR count). The summed E-state index contributed by atoms with van der Waals surface area (Å²) < 4.78 is 0. The highest BCUT2D eigenvalue weighted by Gasteiger charge is 2.27. The topological polar surface area (TPSA) is 44.2 Å². The number of likely N-dealkylation sites (tertiary alicyclic amines) is 1. The van der Waals surface area contributed by atoms with Crippen molar-refractivity contribution in [3.05, 3.63) is 35.6 Å². The fraction of sp³-hybridized carbons (Fsp3) is 0.273. The third kappa shape index (κ3) is 1.31. The molecule has 0 radical (unpaired) electrons. The van der Waals surface area contributed by atoms with Crippen LogP contribution in [0.1, 0.15) is 12.8 Å². The molecule has 0 aromatic rings. The van der Waals surface area contributed by atoms with Gasteiger partial charge in [-0.3, -0.25) is 10.2 Å². The number of fused-ring (bicyclic) bond motifs is 1. The quantitative estimate of drug-likeness (QED) is 0.628. The van der Waals surface area contributed by atoms with Crippen molar-refractivity contribution in [3.63, 3.8) is 0 Å². The molecule has 72 valence electrons. The third-order valence-corrected chi connectivity index (χ3v) is 2.52. The lowest BCUT2D eigenvalue weighted by atomic mass is 9.98. The smallest absolute Gasteiger partial charge is 0.172 e. The van der Waals surface area contributed by atoms with Gasteiger partial charge in [-0.25, -0.2) is 0 Å². The summed E-state index contributed by atoms with van der Waals surface area (Å²) >= 11 is 0. The molecule has 1 aliphatic heterocycles. The SMILES string of the molecule is CN1C(=N)CC(=O)C2=CC=CCC=C21. The van der Waals surface area contributed by atoms with Gasteiger partial charge in [-0.15, -0.1) is 0 Å². The highest BCUT2D eigenvalue weighted by atomic mass is 16.1. The number of amidine groups is 1. The number of ketones is 1. The average molecular weight is 188 g/mol. The van der Waals surface area contributed by atoms with Crippen LogP contribution in [-0.4, -0.2) is 23.6 Å². The zero-order valence-electron chi connectivity index (χ0n) is 8.08. The zero-order valence-corrected chi connectivity index (χ0v) is 8.08. The molecule has 0 bridgehead atoms. The molecule has 3 nitrogen and oxygen atoms in total. The van der Waals surface area contributed by atoms with E-state index in [0.29, 0.717) is 5.84 Å². The lowest BCUT2D eigenvalue weighted by Crippen LogP contribution is -2.35. The first-order chi connectivity index (χ1) is 6.70. The average Bonchev–Trinajstić information content (AvgIpc) is 2.39. The molecule has 1 aliphatic carbocycles. The van der Waals surface area contributed by atoms with Crippen molar-refractivity contribution in [2.24, 2.45) is 0 Å². The van der Waals surface area contributed by atoms with E-state index in [2.05, 4.69) is 0 Å². The zero-order chi connectivity index (χ0) is 10.1. The van der Waals surface area contributed by atoms with E-state index >= 15 is 0 Å². The minimum Gasteiger partial charge on any atom is -0.333 e. The van der Waals surface area contributed by atoms with Crippen LogP contribution >= 0.6 is 0 Å². The summed E-state index contributed by atoms with van der Waals surface area (Å²) in [5, 5.41) is 7.64. The molecule has 0 aromatic heterocycles. The second-order valence-electron chi connectivity index (χ2n) is 3.44. The van der Waals surface area contributed by atoms with E-state index in [1.165, 1.54) is 0 Å². The number of carbonyl (C=O) groups is 1. The predicted molar refractivity (Wildman–Crippen MR) is 55.0 cm³/mol. The second-order valence-corrected chi connectivity index (χ2v) is 3.44. The second kappa shape index (κ2) is 3.25. The first kappa shape index (κ1) is 8.94. The molecule has 2 aliphatic rings. The van der Waals surface area contributed by atoms with Gasteiger partial charge in [0.2, 0.25) is 0 Å². The predicted octanol–water partition coefficient (Wildman–Crippen LogP) is 1.64. The minimum atomic E-state index is 0.0471. The monoisotopic (exact) mass is 188 g/mol. The van der Waals surface area contributed by atoms with Crippen molar-refractivity contribution in [1.29, 1.82) is 5.41 Å². The molecule has 0 aromatic carbocycles. The van der Waals surface area contributed by atoms with Gasteiger partial charge in [0.25, 0.3) is 0 Å². The standard InChI is InChI=1S/C11H12N2O/c1-13-9-6-4-2-3-5-8(9)10(14)7-11(13)12/h2-3,5-6,12H,4,7H2,1H3. The van der Waals surface area contributed by atoms with Gasteiger partial charge in [0.1, 0.15) is 5.84 Å². The van der Waals surface area contributed by atoms with Gasteiger partial charge in [-0.1, -0.05) is 18.2 Å². The van der Waals surface area contributed by atoms with Crippen molar-refractivity contribution in [2.75, 3.05) is 7.05 Å². The summed E-state index contributed by atoms with van der Waals surface area (Å²) in [5.41, 5.74) is 1.61. The van der Waals surface area contributed by atoms with Crippen LogP contribution in [0.4, 0.5) is 0 Å². The fourth-order valence-corrected chi connectivity index (χ4v) is 1.68. The Hall–Kier alpha value is -1.64. The first-order valence-electron chi connectivity index (χ1n) is 4.62. The van der Waals surface area contributed by atoms with Crippen LogP contribution in [0.25, 0.3) is 0 Å². The van der Waals surface area contributed by atoms with Gasteiger partial charge in [-0.2, -0.15) is 0 Å². The Morgan fingerprint density at radius 2 is 2.29 bits per heavy atom. The summed E-state index contributed by atoms with van der Waals surface area (Å²) in [7, 11) is 1.83. The summed E-state index contributed by atoms with van der Waals surface area (Å²) in [4.78, 5) is 13.4. The molecular weight excluding hydrogens is 176 g/mol. The molecular formula is C11H12N2O. The molecule has 0 spiro atoms. The molecule has 1 heterocycles. The van der Waals surface area contributed by atoms with Gasteiger partial charge in [-0.05, 0) is 12.5 Å². The Labute approximate surface area is 82.9 Å². The largest absolute Gasteiger partial charge is 0.333 e. The van der Waals surface area contributed by atoms with Gasteiger partial charge in [0.05, 0.1) is 6.42 Å². The molecule has 1 fully saturated rings. The number of rotatable bonds is 0. The van der Waals surface area contributed by atoms with Crippen LogP contribution in [-0.2, 0) is 4.79 Å². The molecule has 1 N–H and O–H groups in total. The van der Waals surface area contributed by atoms with Crippen LogP contribution in [0.5, 0.6) is 0 Å². The number of piperidine rings is 1. The highest BCUT2D eigenvalue weighted by molar-refractivity contribution is 6.14. The molecule has 0 unspecified atom stereocenters. The van der Waals surface area contributed by atoms with E-state index in [9.17, 15) is 4.79 Å². The van der Waals surface area contributed by atoms with Crippen molar-refractivity contribution < 1.29 is 4.79 Å². The molecule has 3 heteroatoms. The number of Topliss-reactive ketones (excluding diaryl/α,β-unsaturated/α-hetero) is 1. The molecule has 0 amide bonds. The summed E-state index contributed by atoms with van der Waals surface area (Å²) in [5.74, 6) is 0.422. The van der Waals surface area contributed by atoms with Crippen molar-refractivity contribution >= 4 is 11.6 Å². The van der Waals surface area contributed by atoms with Gasteiger partial charge >= 0.3 is 0 Å². The van der Waals surface area contributed by atoms with Crippen molar-refractivity contribution in [2.45, 2.75) is 12.8 Å². The van der Waals surface area contributed by atoms with Crippen LogP contribution in [0.3, 0.4) is 0 Å². The minimum absolute atomic E-state index is 0.0471. The van der Waals surface area contributed by atoms with E-state index in [1.807, 2.05) is 31.4 Å². The Bertz CT molecular complexity index is 388. The number of likely N-dealkylation sites (N-methyl/N-ethyl adjacent to an activating group) is 1. The number of nitrogens with one attached hydrogen (secondary N) is 1. The number of carbonyl (C=O) groups excluding carboxylic acids is 1. The Kier molecular flexibility index (Phi) is 2.08. The first-order valence-corrected chi connectivity index (χ1v) is 4.62. The van der Waals surface area contributed by atoms with Gasteiger partial charge in [0, 0.05) is 18.3 Å². The normalized spacial score (nSPS) is 21.4. The highest BCUT2D eigenvalue weighted by Crippen LogP contribution is 2.25. The van der Waals surface area contributed by atoms with Crippen LogP contribution in [0, 0.1) is 5.41 Å². The van der Waals surface area contributed by atoms with Gasteiger partial charge in [0.15, 0.2) is 5.78 Å². The maximum absolute atomic E-state index is 11.6. The van der Waals surface area contributed by atoms with E-state index < -0.39 is 0 Å². The lowest BCUT2D eigenvalue weighted by molar-refractivity contribution is -0.114. The van der Waals surface area contributed by atoms with E-state index in [0.717, 1.165) is 17.7 Å². The number of hydrogen-bond acceptors (Lipinski definition) is 2. The van der Waals surface area contributed by atoms with Crippen LogP contribution < -0.4 is 0 Å². The molecule has 14 heavy (non-hydrogen) atoms. The number of allylic oxidation sites excluding steroid dienone is 5. The molecule has 0 saturated carbocycles. The van der Waals surface area contributed by atoms with Crippen molar-refractivity contribution in [1.82, 2.24) is 4.90 Å². The van der Waals surface area contributed by atoms with Crippen LogP contribution in [0.15, 0.2) is 35.6 Å². The van der Waals surface area contributed by atoms with Crippen LogP contribution in [0.2, 0.25) is 0 Å². The third-order valence-electron chi connectivity index (χ3n) is 2.52. The van der Waals surface area contributed by atoms with Gasteiger partial charge < -0.3 is 4.90 Å². The van der Waals surface area contributed by atoms with E-state index in [-0.39, 0.29) is 12.2 Å². The van der Waals surface area contributed by atoms with E-state index in [1.54, 1.807) is 4.90 Å². The Morgan fingerprint density at radius 1 is 1.50 bits per heavy atom. The maximum atomic E-state index is 11.6. The number of hydrogen-bond donors (Lipinski definition) is 1. The van der Waals surface area contributed by atoms with Crippen molar-refractivity contribution in [3.8, 4) is 0 Å². The van der Waals surface area contributed by atoms with E-state index in [4.69, 9.17) is 5.41 Å². The Balaban J connectivity index is 2.47. The summed E-state index contributed by atoms with van der Waals surface area (Å²) in [6.07, 6.45) is 8.77. The molecule has 1 saturated heterocycles. The number of nitrogens with zero attached hydrogens (tertiary/aromatic N) is 1. The fourth-order valence-electron chi connectivity index (χ4n) is 1.68. The summed E-state index contributed by atoms with van der Waals surface area (Å²) in [6.45, 7) is 0. The summed E-state index contributed by atoms with van der Waals surface area (Å²) in [6, 6.07) is 0. The molecule has 0 atom stereocenters. The maximum Gasteiger partial charge on any atom is 0.172 e. The lowest BCUT2D eigenvalue weighted by Gasteiger charge is -2.29. The Morgan fingerprint density at radius 3 is 3.07 bits per heavy atom.